The summed E-state index contributed by atoms with van der Waals surface area (Å²) in [4.78, 5) is 7.53. The summed E-state index contributed by atoms with van der Waals surface area (Å²) < 4.78 is 0. The van der Waals surface area contributed by atoms with Crippen molar-refractivity contribution in [2.45, 2.75) is 24.8 Å². The molecule has 0 saturated heterocycles. The molecular weight excluding hydrogens is 186 g/mol. The number of aromatic amines is 1. The Kier molecular flexibility index (Phi) is 1.83. The summed E-state index contributed by atoms with van der Waals surface area (Å²) in [5.74, 6) is 0. The van der Waals surface area contributed by atoms with Crippen LogP contribution in [-0.2, 0) is 6.42 Å². The molecule has 3 heteroatoms. The number of nitrogens with one attached hydrogen (secondary N) is 2. The van der Waals surface area contributed by atoms with Crippen LogP contribution in [0.25, 0.3) is 11.0 Å². The first-order valence-corrected chi connectivity index (χ1v) is 5.43. The zero-order chi connectivity index (χ0) is 10.3. The van der Waals surface area contributed by atoms with Gasteiger partial charge in [-0.15, -0.1) is 0 Å². The maximum Gasteiger partial charge on any atom is 0.137 e. The van der Waals surface area contributed by atoms with Crippen molar-refractivity contribution in [2.75, 3.05) is 7.05 Å². The molecule has 0 unspecified atom stereocenters. The molecule has 1 fully saturated rings. The van der Waals surface area contributed by atoms with Crippen LogP contribution >= 0.6 is 0 Å². The van der Waals surface area contributed by atoms with E-state index in [9.17, 15) is 0 Å². The molecule has 1 aliphatic carbocycles. The van der Waals surface area contributed by atoms with E-state index in [1.807, 2.05) is 12.3 Å². The van der Waals surface area contributed by atoms with Gasteiger partial charge >= 0.3 is 0 Å². The molecule has 15 heavy (non-hydrogen) atoms. The first-order valence-electron chi connectivity index (χ1n) is 5.43. The minimum absolute atomic E-state index is 0.366. The Bertz CT molecular complexity index is 482. The normalized spacial score (nSPS) is 18.2. The van der Waals surface area contributed by atoms with Gasteiger partial charge in [-0.05, 0) is 44.0 Å². The van der Waals surface area contributed by atoms with Crippen molar-refractivity contribution in [1.29, 1.82) is 0 Å². The number of hydrogen-bond acceptors (Lipinski definition) is 2. The molecule has 3 nitrogen and oxygen atoms in total. The fourth-order valence-electron chi connectivity index (χ4n) is 2.19. The fourth-order valence-corrected chi connectivity index (χ4v) is 2.19. The van der Waals surface area contributed by atoms with Gasteiger partial charge in [0, 0.05) is 23.3 Å². The number of aromatic nitrogens is 2. The molecule has 2 N–H and O–H groups in total. The molecule has 2 aromatic heterocycles. The topological polar surface area (TPSA) is 40.7 Å². The maximum atomic E-state index is 4.30. The van der Waals surface area contributed by atoms with Gasteiger partial charge in [-0.3, -0.25) is 0 Å². The third-order valence-electron chi connectivity index (χ3n) is 3.45. The number of hydrogen-bond donors (Lipinski definition) is 2. The summed E-state index contributed by atoms with van der Waals surface area (Å²) in [5.41, 5.74) is 2.75. The summed E-state index contributed by atoms with van der Waals surface area (Å²) in [6, 6.07) is 4.14. The Morgan fingerprint density at radius 3 is 3.13 bits per heavy atom. The van der Waals surface area contributed by atoms with Crippen molar-refractivity contribution in [2.24, 2.45) is 0 Å². The second kappa shape index (κ2) is 3.07. The van der Waals surface area contributed by atoms with E-state index in [4.69, 9.17) is 0 Å². The molecule has 3 rings (SSSR count). The summed E-state index contributed by atoms with van der Waals surface area (Å²) >= 11 is 0. The molecule has 1 saturated carbocycles. The lowest BCUT2D eigenvalue weighted by Gasteiger charge is -2.12. The highest BCUT2D eigenvalue weighted by Crippen LogP contribution is 2.39. The Morgan fingerprint density at radius 1 is 1.53 bits per heavy atom. The van der Waals surface area contributed by atoms with Gasteiger partial charge in [-0.2, -0.15) is 0 Å². The highest BCUT2D eigenvalue weighted by atomic mass is 15.0. The first-order chi connectivity index (χ1) is 7.33. The zero-order valence-corrected chi connectivity index (χ0v) is 8.88. The van der Waals surface area contributed by atoms with Gasteiger partial charge in [0.05, 0.1) is 0 Å². The Morgan fingerprint density at radius 2 is 2.40 bits per heavy atom. The van der Waals surface area contributed by atoms with Gasteiger partial charge in [-0.25, -0.2) is 4.98 Å². The molecular formula is C12H15N3. The van der Waals surface area contributed by atoms with Gasteiger partial charge in [-0.1, -0.05) is 0 Å². The van der Waals surface area contributed by atoms with E-state index in [1.165, 1.54) is 23.8 Å². The van der Waals surface area contributed by atoms with Crippen molar-refractivity contribution in [1.82, 2.24) is 15.3 Å². The predicted octanol–water partition coefficient (Wildman–Crippen LogP) is 1.86. The molecule has 2 aromatic rings. The molecule has 0 amide bonds. The van der Waals surface area contributed by atoms with E-state index in [2.05, 4.69) is 34.6 Å². The van der Waals surface area contributed by atoms with Crippen LogP contribution in [0.2, 0.25) is 0 Å². The number of likely N-dealkylation sites (N-methyl/N-ethyl adjacent to an activating group) is 1. The van der Waals surface area contributed by atoms with Crippen LogP contribution in [0.5, 0.6) is 0 Å². The van der Waals surface area contributed by atoms with Crippen LogP contribution in [0.15, 0.2) is 24.5 Å². The van der Waals surface area contributed by atoms with Gasteiger partial charge in [0.15, 0.2) is 0 Å². The number of H-pyrrole nitrogens is 1. The first kappa shape index (κ1) is 8.92. The minimum atomic E-state index is 0.366. The van der Waals surface area contributed by atoms with Crippen molar-refractivity contribution in [3.63, 3.8) is 0 Å². The minimum Gasteiger partial charge on any atom is -0.346 e. The third kappa shape index (κ3) is 1.43. The molecule has 0 aromatic carbocycles. The quantitative estimate of drug-likeness (QED) is 0.795. The van der Waals surface area contributed by atoms with Gasteiger partial charge in [0.1, 0.15) is 5.65 Å². The lowest BCUT2D eigenvalue weighted by atomic mass is 10.0. The zero-order valence-electron chi connectivity index (χ0n) is 8.88. The Hall–Kier alpha value is -1.35. The van der Waals surface area contributed by atoms with Crippen molar-refractivity contribution < 1.29 is 0 Å². The van der Waals surface area contributed by atoms with Crippen LogP contribution in [0.4, 0.5) is 0 Å². The van der Waals surface area contributed by atoms with Crippen LogP contribution in [-0.4, -0.2) is 22.6 Å². The van der Waals surface area contributed by atoms with Gasteiger partial charge in [0.25, 0.3) is 0 Å². The molecule has 2 heterocycles. The second-order valence-electron chi connectivity index (χ2n) is 4.42. The lowest BCUT2D eigenvalue weighted by molar-refractivity contribution is 0.550. The van der Waals surface area contributed by atoms with E-state index in [1.54, 1.807) is 0 Å². The smallest absolute Gasteiger partial charge is 0.137 e. The highest BCUT2D eigenvalue weighted by molar-refractivity contribution is 5.79. The highest BCUT2D eigenvalue weighted by Gasteiger charge is 2.41. The van der Waals surface area contributed by atoms with Crippen molar-refractivity contribution in [3.05, 3.63) is 30.1 Å². The second-order valence-corrected chi connectivity index (χ2v) is 4.42. The average Bonchev–Trinajstić information content (AvgIpc) is 2.95. The molecule has 0 spiro atoms. The lowest BCUT2D eigenvalue weighted by Crippen LogP contribution is -2.29. The summed E-state index contributed by atoms with van der Waals surface area (Å²) in [6.07, 6.45) is 7.60. The van der Waals surface area contributed by atoms with Crippen LogP contribution < -0.4 is 5.32 Å². The van der Waals surface area contributed by atoms with Crippen molar-refractivity contribution in [3.8, 4) is 0 Å². The van der Waals surface area contributed by atoms with Gasteiger partial charge in [0.2, 0.25) is 0 Å². The molecule has 0 bridgehead atoms. The third-order valence-corrected chi connectivity index (χ3v) is 3.45. The van der Waals surface area contributed by atoms with Gasteiger partial charge < -0.3 is 10.3 Å². The molecule has 0 radical (unpaired) electrons. The predicted molar refractivity (Wildman–Crippen MR) is 60.8 cm³/mol. The van der Waals surface area contributed by atoms with Crippen LogP contribution in [0, 0.1) is 0 Å². The van der Waals surface area contributed by atoms with E-state index in [0.29, 0.717) is 5.54 Å². The Labute approximate surface area is 88.9 Å². The standard InChI is InChI=1S/C12H15N3/c1-13-12(4-5-12)7-9-8-15-11-10(9)3-2-6-14-11/h2-3,6,8,13H,4-5,7H2,1H3,(H,14,15). The Balaban J connectivity index is 1.98. The number of nitrogens with zero attached hydrogens (tertiary/aromatic N) is 1. The fraction of sp³-hybridized carbons (Fsp3) is 0.417. The molecule has 0 atom stereocenters. The molecule has 0 aliphatic heterocycles. The number of rotatable bonds is 3. The van der Waals surface area contributed by atoms with E-state index < -0.39 is 0 Å². The SMILES string of the molecule is CNC1(Cc2c[nH]c3ncccc23)CC1. The molecule has 1 aliphatic rings. The van der Waals surface area contributed by atoms with Crippen LogP contribution in [0.3, 0.4) is 0 Å². The van der Waals surface area contributed by atoms with E-state index >= 15 is 0 Å². The average molecular weight is 201 g/mol. The summed E-state index contributed by atoms with van der Waals surface area (Å²) in [6.45, 7) is 0. The van der Waals surface area contributed by atoms with Crippen molar-refractivity contribution >= 4 is 11.0 Å². The largest absolute Gasteiger partial charge is 0.346 e. The van der Waals surface area contributed by atoms with E-state index in [-0.39, 0.29) is 0 Å². The summed E-state index contributed by atoms with van der Waals surface area (Å²) in [5, 5.41) is 4.68. The van der Waals surface area contributed by atoms with Crippen LogP contribution in [0.1, 0.15) is 18.4 Å². The monoisotopic (exact) mass is 201 g/mol. The summed E-state index contributed by atoms with van der Waals surface area (Å²) in [7, 11) is 2.06. The van der Waals surface area contributed by atoms with E-state index in [0.717, 1.165) is 12.1 Å². The number of fused-ring (bicyclic) bond motifs is 1. The molecule has 78 valence electrons. The maximum absolute atomic E-state index is 4.30. The number of pyridine rings is 1.